The van der Waals surface area contributed by atoms with Crippen LogP contribution in [0.4, 0.5) is 11.4 Å². The molecule has 0 bridgehead atoms. The van der Waals surface area contributed by atoms with Crippen LogP contribution >= 0.6 is 11.3 Å². The summed E-state index contributed by atoms with van der Waals surface area (Å²) >= 11 is 1.42. The van der Waals surface area contributed by atoms with Crippen molar-refractivity contribution in [1.29, 1.82) is 0 Å². The van der Waals surface area contributed by atoms with Crippen molar-refractivity contribution in [3.63, 3.8) is 0 Å². The van der Waals surface area contributed by atoms with E-state index in [0.717, 1.165) is 6.07 Å². The number of hydrogen-bond donors (Lipinski definition) is 3. The van der Waals surface area contributed by atoms with Gasteiger partial charge in [-0.1, -0.05) is 0 Å². The number of sulfonamides is 1. The maximum absolute atomic E-state index is 11.3. The molecule has 1 aromatic carbocycles. The average Bonchev–Trinajstić information content (AvgIpc) is 2.99. The van der Waals surface area contributed by atoms with Gasteiger partial charge >= 0.3 is 0 Å². The van der Waals surface area contributed by atoms with Gasteiger partial charge in [-0.05, 0) is 41.4 Å². The summed E-state index contributed by atoms with van der Waals surface area (Å²) in [6.07, 6.45) is 0. The van der Waals surface area contributed by atoms with Crippen molar-refractivity contribution >= 4 is 32.7 Å². The molecule has 0 fully saturated rings. The highest BCUT2D eigenvalue weighted by Gasteiger charge is 2.25. The van der Waals surface area contributed by atoms with Gasteiger partial charge in [-0.25, -0.2) is 13.6 Å². The number of nitro benzene ring substituents is 1. The van der Waals surface area contributed by atoms with Gasteiger partial charge in [-0.15, -0.1) is 0 Å². The van der Waals surface area contributed by atoms with Gasteiger partial charge in [0.05, 0.1) is 9.82 Å². The first-order valence-corrected chi connectivity index (χ1v) is 8.90. The van der Waals surface area contributed by atoms with Crippen LogP contribution in [0, 0.1) is 10.1 Å². The van der Waals surface area contributed by atoms with Crippen molar-refractivity contribution in [2.75, 3.05) is 11.9 Å². The van der Waals surface area contributed by atoms with E-state index in [4.69, 9.17) is 5.14 Å². The van der Waals surface area contributed by atoms with E-state index in [1.165, 1.54) is 23.5 Å². The highest BCUT2D eigenvalue weighted by atomic mass is 32.2. The zero-order chi connectivity index (χ0) is 17.3. The molecule has 2 rings (SSSR count). The monoisotopic (exact) mass is 357 g/mol. The largest absolute Gasteiger partial charge is 0.384 e. The Labute approximate surface area is 136 Å². The molecular formula is C13H15N3O5S2. The molecule has 124 valence electrons. The summed E-state index contributed by atoms with van der Waals surface area (Å²) < 4.78 is 22.6. The molecule has 0 amide bonds. The molecule has 0 radical (unpaired) electrons. The predicted molar refractivity (Wildman–Crippen MR) is 86.8 cm³/mol. The maximum Gasteiger partial charge on any atom is 0.293 e. The lowest BCUT2D eigenvalue weighted by atomic mass is 9.99. The first kappa shape index (κ1) is 17.3. The molecule has 1 unspecified atom stereocenters. The zero-order valence-corrected chi connectivity index (χ0v) is 13.7. The molecule has 0 saturated carbocycles. The lowest BCUT2D eigenvalue weighted by molar-refractivity contribution is -0.384. The lowest BCUT2D eigenvalue weighted by Gasteiger charge is -2.23. The zero-order valence-electron chi connectivity index (χ0n) is 12.1. The fraction of sp³-hybridized carbons (Fsp3) is 0.231. The number of nitrogens with two attached hydrogens (primary N) is 1. The Kier molecular flexibility index (Phi) is 4.71. The minimum atomic E-state index is -4.03. The number of nitrogens with zero attached hydrogens (tertiary/aromatic N) is 1. The van der Waals surface area contributed by atoms with Crippen LogP contribution in [0.1, 0.15) is 12.5 Å². The molecule has 1 atom stereocenters. The van der Waals surface area contributed by atoms with E-state index < -0.39 is 26.2 Å². The number of anilines is 1. The van der Waals surface area contributed by atoms with Crippen LogP contribution in [-0.4, -0.2) is 25.0 Å². The van der Waals surface area contributed by atoms with Crippen LogP contribution in [0.3, 0.4) is 0 Å². The molecule has 10 heteroatoms. The average molecular weight is 357 g/mol. The standard InChI is InChI=1S/C13H15N3O5S2/c1-13(17,9-4-5-22-7-9)8-15-11-3-2-10(23(14,20)21)6-12(11)16(18)19/h2-7,15,17H,8H2,1H3,(H2,14,20,21). The van der Waals surface area contributed by atoms with E-state index in [1.54, 1.807) is 18.4 Å². The molecule has 0 saturated heterocycles. The number of primary sulfonamides is 1. The minimum Gasteiger partial charge on any atom is -0.384 e. The second kappa shape index (κ2) is 6.24. The number of nitrogens with one attached hydrogen (secondary N) is 1. The molecule has 4 N–H and O–H groups in total. The van der Waals surface area contributed by atoms with Gasteiger partial charge in [0.15, 0.2) is 0 Å². The van der Waals surface area contributed by atoms with Crippen LogP contribution in [0.5, 0.6) is 0 Å². The van der Waals surface area contributed by atoms with Crippen molar-refractivity contribution in [2.24, 2.45) is 5.14 Å². The SMILES string of the molecule is CC(O)(CNc1ccc(S(N)(=O)=O)cc1[N+](=O)[O-])c1ccsc1. The Morgan fingerprint density at radius 2 is 2.13 bits per heavy atom. The van der Waals surface area contributed by atoms with Gasteiger partial charge in [-0.3, -0.25) is 10.1 Å². The summed E-state index contributed by atoms with van der Waals surface area (Å²) in [6.45, 7) is 1.59. The third-order valence-corrected chi connectivity index (χ3v) is 4.85. The minimum absolute atomic E-state index is 0.0132. The molecule has 0 aliphatic carbocycles. The highest BCUT2D eigenvalue weighted by Crippen LogP contribution is 2.29. The topological polar surface area (TPSA) is 136 Å². The van der Waals surface area contributed by atoms with Crippen molar-refractivity contribution < 1.29 is 18.4 Å². The molecule has 8 nitrogen and oxygen atoms in total. The van der Waals surface area contributed by atoms with Crippen molar-refractivity contribution in [3.8, 4) is 0 Å². The molecule has 23 heavy (non-hydrogen) atoms. The Morgan fingerprint density at radius 1 is 1.43 bits per heavy atom. The summed E-state index contributed by atoms with van der Waals surface area (Å²) in [7, 11) is -4.03. The molecule has 1 aromatic heterocycles. The molecule has 0 spiro atoms. The van der Waals surface area contributed by atoms with Gasteiger partial charge in [0.2, 0.25) is 10.0 Å². The predicted octanol–water partition coefficient (Wildman–Crippen LogP) is 1.62. The summed E-state index contributed by atoms with van der Waals surface area (Å²) in [4.78, 5) is 10.1. The molecule has 0 aliphatic heterocycles. The van der Waals surface area contributed by atoms with E-state index in [1.807, 2.05) is 5.38 Å². The number of hydrogen-bond acceptors (Lipinski definition) is 7. The Hall–Kier alpha value is -2.01. The number of nitro groups is 1. The van der Waals surface area contributed by atoms with Crippen molar-refractivity contribution in [1.82, 2.24) is 0 Å². The van der Waals surface area contributed by atoms with E-state index in [0.29, 0.717) is 5.56 Å². The fourth-order valence-electron chi connectivity index (χ4n) is 1.93. The van der Waals surface area contributed by atoms with E-state index in [-0.39, 0.29) is 17.1 Å². The summed E-state index contributed by atoms with van der Waals surface area (Å²) in [5.41, 5.74) is -0.888. The quantitative estimate of drug-likeness (QED) is 0.531. The smallest absolute Gasteiger partial charge is 0.293 e. The number of rotatable bonds is 6. The van der Waals surface area contributed by atoms with Crippen molar-refractivity contribution in [3.05, 3.63) is 50.7 Å². The van der Waals surface area contributed by atoms with E-state index in [2.05, 4.69) is 5.32 Å². The highest BCUT2D eigenvalue weighted by molar-refractivity contribution is 7.89. The van der Waals surface area contributed by atoms with Gasteiger partial charge < -0.3 is 10.4 Å². The first-order chi connectivity index (χ1) is 10.6. The third kappa shape index (κ3) is 4.05. The molecule has 1 heterocycles. The van der Waals surface area contributed by atoms with Gasteiger partial charge in [-0.2, -0.15) is 11.3 Å². The van der Waals surface area contributed by atoms with Crippen LogP contribution < -0.4 is 10.5 Å². The van der Waals surface area contributed by atoms with Gasteiger partial charge in [0.25, 0.3) is 5.69 Å². The Bertz CT molecular complexity index is 816. The molecule has 2 aromatic rings. The van der Waals surface area contributed by atoms with Crippen LogP contribution in [0.2, 0.25) is 0 Å². The number of thiophene rings is 1. The number of aliphatic hydroxyl groups is 1. The Balaban J connectivity index is 2.28. The van der Waals surface area contributed by atoms with Crippen LogP contribution in [0.15, 0.2) is 39.9 Å². The summed E-state index contributed by atoms with van der Waals surface area (Å²) in [5.74, 6) is 0. The van der Waals surface area contributed by atoms with Crippen molar-refractivity contribution in [2.45, 2.75) is 17.4 Å². The molecular weight excluding hydrogens is 342 g/mol. The maximum atomic E-state index is 11.3. The third-order valence-electron chi connectivity index (χ3n) is 3.26. The first-order valence-electron chi connectivity index (χ1n) is 6.41. The lowest BCUT2D eigenvalue weighted by Crippen LogP contribution is -2.30. The van der Waals surface area contributed by atoms with Crippen LogP contribution in [0.25, 0.3) is 0 Å². The Morgan fingerprint density at radius 3 is 2.65 bits per heavy atom. The fourth-order valence-corrected chi connectivity index (χ4v) is 3.25. The second-order valence-electron chi connectivity index (χ2n) is 5.12. The van der Waals surface area contributed by atoms with Gasteiger partial charge in [0, 0.05) is 12.6 Å². The van der Waals surface area contributed by atoms with Gasteiger partial charge in [0.1, 0.15) is 11.3 Å². The second-order valence-corrected chi connectivity index (χ2v) is 7.46. The molecule has 0 aliphatic rings. The summed E-state index contributed by atoms with van der Waals surface area (Å²) in [6, 6.07) is 5.06. The van der Waals surface area contributed by atoms with Crippen LogP contribution in [-0.2, 0) is 15.6 Å². The number of benzene rings is 1. The summed E-state index contributed by atoms with van der Waals surface area (Å²) in [5, 5.41) is 32.9. The van der Waals surface area contributed by atoms with E-state index in [9.17, 15) is 23.6 Å². The van der Waals surface area contributed by atoms with E-state index >= 15 is 0 Å². The normalized spacial score (nSPS) is 14.2.